The molecule has 3 rings (SSSR count). The van der Waals surface area contributed by atoms with Crippen LogP contribution in [0.4, 0.5) is 5.69 Å². The molecule has 0 aromatic heterocycles. The summed E-state index contributed by atoms with van der Waals surface area (Å²) in [6.07, 6.45) is -0.146. The van der Waals surface area contributed by atoms with Crippen LogP contribution in [0.3, 0.4) is 0 Å². The minimum Gasteiger partial charge on any atom is -0.346 e. The SMILES string of the molecule is [N-]=[N+]=NCC1CN(c2ccc(-c3ccccc3)cc2)C(C=O)O1. The molecule has 1 fully saturated rings. The molecular formula is C17H16N4O2. The molecule has 1 aliphatic rings. The molecule has 1 saturated heterocycles. The fourth-order valence-corrected chi connectivity index (χ4v) is 2.70. The largest absolute Gasteiger partial charge is 0.346 e. The van der Waals surface area contributed by atoms with E-state index in [4.69, 9.17) is 10.3 Å². The number of aldehydes is 1. The first-order valence-electron chi connectivity index (χ1n) is 7.35. The van der Waals surface area contributed by atoms with Crippen LogP contribution >= 0.6 is 0 Å². The Bertz CT molecular complexity index is 711. The molecule has 2 aromatic carbocycles. The Hall–Kier alpha value is -2.82. The molecule has 1 aliphatic heterocycles. The van der Waals surface area contributed by atoms with Crippen LogP contribution in [0, 0.1) is 0 Å². The van der Waals surface area contributed by atoms with Crippen LogP contribution in [0.15, 0.2) is 59.7 Å². The molecule has 6 heteroatoms. The normalized spacial score (nSPS) is 20.1. The molecule has 6 nitrogen and oxygen atoms in total. The number of nitrogens with zero attached hydrogens (tertiary/aromatic N) is 4. The van der Waals surface area contributed by atoms with E-state index >= 15 is 0 Å². The van der Waals surface area contributed by atoms with Crippen molar-refractivity contribution >= 4 is 12.0 Å². The molecule has 1 heterocycles. The highest BCUT2D eigenvalue weighted by Crippen LogP contribution is 2.27. The molecular weight excluding hydrogens is 292 g/mol. The van der Waals surface area contributed by atoms with Crippen molar-refractivity contribution in [3.63, 3.8) is 0 Å². The fraction of sp³-hybridized carbons (Fsp3) is 0.235. The lowest BCUT2D eigenvalue weighted by atomic mass is 10.1. The second-order valence-corrected chi connectivity index (χ2v) is 5.26. The van der Waals surface area contributed by atoms with Crippen LogP contribution < -0.4 is 4.90 Å². The summed E-state index contributed by atoms with van der Waals surface area (Å²) in [5.41, 5.74) is 11.6. The van der Waals surface area contributed by atoms with Gasteiger partial charge in [-0.15, -0.1) is 0 Å². The lowest BCUT2D eigenvalue weighted by Gasteiger charge is -2.21. The maximum absolute atomic E-state index is 11.2. The molecule has 2 aromatic rings. The highest BCUT2D eigenvalue weighted by Gasteiger charge is 2.32. The van der Waals surface area contributed by atoms with Gasteiger partial charge in [-0.05, 0) is 28.8 Å². The van der Waals surface area contributed by atoms with Gasteiger partial charge in [-0.1, -0.05) is 47.6 Å². The molecule has 0 aliphatic carbocycles. The summed E-state index contributed by atoms with van der Waals surface area (Å²) in [4.78, 5) is 15.8. The monoisotopic (exact) mass is 308 g/mol. The van der Waals surface area contributed by atoms with Gasteiger partial charge in [-0.2, -0.15) is 0 Å². The predicted octanol–water partition coefficient (Wildman–Crippen LogP) is 3.39. The molecule has 0 N–H and O–H groups in total. The number of anilines is 1. The summed E-state index contributed by atoms with van der Waals surface area (Å²) in [6.45, 7) is 0.743. The molecule has 0 radical (unpaired) electrons. The van der Waals surface area contributed by atoms with Crippen molar-refractivity contribution in [1.29, 1.82) is 0 Å². The van der Waals surface area contributed by atoms with Gasteiger partial charge in [-0.25, -0.2) is 0 Å². The Kier molecular flexibility index (Phi) is 4.57. The zero-order valence-electron chi connectivity index (χ0n) is 12.4. The summed E-state index contributed by atoms with van der Waals surface area (Å²) < 4.78 is 5.59. The van der Waals surface area contributed by atoms with E-state index in [0.29, 0.717) is 6.54 Å². The summed E-state index contributed by atoms with van der Waals surface area (Å²) >= 11 is 0. The topological polar surface area (TPSA) is 78.3 Å². The van der Waals surface area contributed by atoms with Crippen molar-refractivity contribution < 1.29 is 9.53 Å². The number of carbonyl (C=O) groups excluding carboxylic acids is 1. The Balaban J connectivity index is 1.78. The number of carbonyl (C=O) groups is 1. The van der Waals surface area contributed by atoms with Gasteiger partial charge in [0, 0.05) is 17.1 Å². The van der Waals surface area contributed by atoms with Gasteiger partial charge >= 0.3 is 0 Å². The fourth-order valence-electron chi connectivity index (χ4n) is 2.70. The van der Waals surface area contributed by atoms with E-state index in [9.17, 15) is 4.79 Å². The van der Waals surface area contributed by atoms with E-state index in [1.54, 1.807) is 0 Å². The minimum atomic E-state index is -0.642. The zero-order chi connectivity index (χ0) is 16.1. The van der Waals surface area contributed by atoms with Crippen LogP contribution in [0.5, 0.6) is 0 Å². The second-order valence-electron chi connectivity index (χ2n) is 5.26. The summed E-state index contributed by atoms with van der Waals surface area (Å²) in [5, 5.41) is 3.52. The molecule has 0 bridgehead atoms. The van der Waals surface area contributed by atoms with Gasteiger partial charge in [-0.3, -0.25) is 4.79 Å². The van der Waals surface area contributed by atoms with Crippen LogP contribution in [0.2, 0.25) is 0 Å². The standard InChI is InChI=1S/C17H16N4O2/c18-20-19-10-16-11-21(17(12-22)23-16)15-8-6-14(7-9-15)13-4-2-1-3-5-13/h1-9,12,16-17H,10-11H2. The Labute approximate surface area is 133 Å². The first-order valence-corrected chi connectivity index (χ1v) is 7.35. The van der Waals surface area contributed by atoms with Gasteiger partial charge in [0.15, 0.2) is 12.5 Å². The first-order chi connectivity index (χ1) is 11.3. The number of rotatable bonds is 5. The van der Waals surface area contributed by atoms with Crippen molar-refractivity contribution in [2.45, 2.75) is 12.3 Å². The number of azide groups is 1. The van der Waals surface area contributed by atoms with E-state index in [-0.39, 0.29) is 12.6 Å². The number of hydrogen-bond donors (Lipinski definition) is 0. The van der Waals surface area contributed by atoms with Gasteiger partial charge in [0.25, 0.3) is 0 Å². The summed E-state index contributed by atoms with van der Waals surface area (Å²) in [6, 6.07) is 18.1. The maximum Gasteiger partial charge on any atom is 0.187 e. The molecule has 0 amide bonds. The third-order valence-electron chi connectivity index (χ3n) is 3.81. The zero-order valence-corrected chi connectivity index (χ0v) is 12.4. The number of benzene rings is 2. The Morgan fingerprint density at radius 1 is 1.17 bits per heavy atom. The third-order valence-corrected chi connectivity index (χ3v) is 3.81. The summed E-state index contributed by atoms with van der Waals surface area (Å²) in [5.74, 6) is 0. The molecule has 2 unspecified atom stereocenters. The Morgan fingerprint density at radius 3 is 2.52 bits per heavy atom. The average molecular weight is 308 g/mol. The van der Waals surface area contributed by atoms with E-state index in [0.717, 1.165) is 23.1 Å². The number of ether oxygens (including phenoxy) is 1. The van der Waals surface area contributed by atoms with Crippen molar-refractivity contribution in [3.05, 3.63) is 65.0 Å². The summed E-state index contributed by atoms with van der Waals surface area (Å²) in [7, 11) is 0. The quantitative estimate of drug-likeness (QED) is 0.367. The van der Waals surface area contributed by atoms with Gasteiger partial charge < -0.3 is 9.64 Å². The third kappa shape index (κ3) is 3.34. The van der Waals surface area contributed by atoms with E-state index in [2.05, 4.69) is 22.2 Å². The van der Waals surface area contributed by atoms with Crippen LogP contribution in [-0.4, -0.2) is 31.7 Å². The minimum absolute atomic E-state index is 0.222. The second kappa shape index (κ2) is 6.96. The highest BCUT2D eigenvalue weighted by molar-refractivity contribution is 5.69. The van der Waals surface area contributed by atoms with E-state index in [1.165, 1.54) is 0 Å². The average Bonchev–Trinajstić information content (AvgIpc) is 3.04. The smallest absolute Gasteiger partial charge is 0.187 e. The highest BCUT2D eigenvalue weighted by atomic mass is 16.5. The Morgan fingerprint density at radius 2 is 1.87 bits per heavy atom. The van der Waals surface area contributed by atoms with Crippen LogP contribution in [0.1, 0.15) is 0 Å². The lowest BCUT2D eigenvalue weighted by molar-refractivity contribution is -0.117. The number of hydrogen-bond acceptors (Lipinski definition) is 4. The van der Waals surface area contributed by atoms with Crippen molar-refractivity contribution in [1.82, 2.24) is 0 Å². The van der Waals surface area contributed by atoms with Gasteiger partial charge in [0.1, 0.15) is 0 Å². The van der Waals surface area contributed by atoms with E-state index < -0.39 is 6.23 Å². The first kappa shape index (κ1) is 15.1. The van der Waals surface area contributed by atoms with Gasteiger partial charge in [0.2, 0.25) is 0 Å². The molecule has 2 atom stereocenters. The van der Waals surface area contributed by atoms with Crippen molar-refractivity contribution in [2.24, 2.45) is 5.11 Å². The van der Waals surface area contributed by atoms with Crippen molar-refractivity contribution in [3.8, 4) is 11.1 Å². The van der Waals surface area contributed by atoms with E-state index in [1.807, 2.05) is 47.4 Å². The molecule has 116 valence electrons. The molecule has 0 saturated carbocycles. The lowest BCUT2D eigenvalue weighted by Crippen LogP contribution is -2.31. The van der Waals surface area contributed by atoms with Crippen LogP contribution in [-0.2, 0) is 9.53 Å². The molecule has 23 heavy (non-hydrogen) atoms. The van der Waals surface area contributed by atoms with Gasteiger partial charge in [0.05, 0.1) is 12.6 Å². The molecule has 0 spiro atoms. The maximum atomic E-state index is 11.2. The van der Waals surface area contributed by atoms with Crippen LogP contribution in [0.25, 0.3) is 21.6 Å². The predicted molar refractivity (Wildman–Crippen MR) is 88.0 cm³/mol. The van der Waals surface area contributed by atoms with Crippen molar-refractivity contribution in [2.75, 3.05) is 18.0 Å².